The SMILES string of the molecule is [2H]N([2H])C(=C([N+](=O)[O-])[N+](=O)[O-])N([2H])[2H]. The fourth-order valence-corrected chi connectivity index (χ4v) is 0.230. The van der Waals surface area contributed by atoms with Gasteiger partial charge < -0.3 is 11.4 Å². The van der Waals surface area contributed by atoms with Crippen LogP contribution < -0.4 is 11.4 Å². The molecule has 0 heterocycles. The van der Waals surface area contributed by atoms with Crippen molar-refractivity contribution in [2.45, 2.75) is 0 Å². The average molecular weight is 152 g/mol. The van der Waals surface area contributed by atoms with Crippen LogP contribution in [0.2, 0.25) is 5.65 Å². The Morgan fingerprint density at radius 1 is 1.30 bits per heavy atom. The predicted octanol–water partition coefficient (Wildman–Crippen LogP) is -1.42. The molecule has 0 aromatic rings. The Morgan fingerprint density at radius 3 is 1.80 bits per heavy atom. The van der Waals surface area contributed by atoms with E-state index in [0.29, 0.717) is 0 Å². The van der Waals surface area contributed by atoms with Gasteiger partial charge in [-0.05, 0) is 0 Å². The molecule has 0 spiro atoms. The number of hydrogen-bond donors (Lipinski definition) is 2. The highest BCUT2D eigenvalue weighted by atomic mass is 16.7. The molecule has 8 heteroatoms. The van der Waals surface area contributed by atoms with Crippen molar-refractivity contribution in [2.24, 2.45) is 11.4 Å². The molecule has 0 aliphatic rings. The summed E-state index contributed by atoms with van der Waals surface area (Å²) in [6.45, 7) is 0. The molecule has 8 nitrogen and oxygen atoms in total. The van der Waals surface area contributed by atoms with E-state index in [1.807, 2.05) is 0 Å². The van der Waals surface area contributed by atoms with E-state index in [1.165, 1.54) is 0 Å². The molecule has 4 N–H and O–H groups in total. The fraction of sp³-hybridized carbons (Fsp3) is 0. The average Bonchev–Trinajstić information content (AvgIpc) is 1.96. The minimum atomic E-state index is -1.78. The normalized spacial score (nSPS) is 13.2. The number of rotatable bonds is 4. The highest BCUT2D eigenvalue weighted by Gasteiger charge is 2.28. The van der Waals surface area contributed by atoms with Gasteiger partial charge in [0.15, 0.2) is 5.65 Å². The van der Waals surface area contributed by atoms with Crippen LogP contribution in [0.25, 0.3) is 0 Å². The van der Waals surface area contributed by atoms with Crippen molar-refractivity contribution < 1.29 is 15.5 Å². The Labute approximate surface area is 60.3 Å². The van der Waals surface area contributed by atoms with Crippen LogP contribution >= 0.6 is 0 Å². The Morgan fingerprint density at radius 2 is 1.70 bits per heavy atom. The van der Waals surface area contributed by atoms with Crippen LogP contribution in [0.15, 0.2) is 11.6 Å². The van der Waals surface area contributed by atoms with E-state index in [1.54, 1.807) is 0 Å². The Hall–Kier alpha value is -1.86. The summed E-state index contributed by atoms with van der Waals surface area (Å²) in [6, 6.07) is 0. The molecule has 0 bridgehead atoms. The smallest absolute Gasteiger partial charge is 0.374 e. The first kappa shape index (κ1) is 3.34. The largest absolute Gasteiger partial charge is 0.598 e. The van der Waals surface area contributed by atoms with Gasteiger partial charge in [0.2, 0.25) is 0 Å². The molecular weight excluding hydrogens is 144 g/mol. The van der Waals surface area contributed by atoms with Gasteiger partial charge in [0, 0.05) is 0 Å². The lowest BCUT2D eigenvalue weighted by molar-refractivity contribution is -0.617. The highest BCUT2D eigenvalue weighted by Crippen LogP contribution is 1.95. The van der Waals surface area contributed by atoms with E-state index in [2.05, 4.69) is 0 Å². The first-order chi connectivity index (χ1) is 6.29. The minimum absolute atomic E-state index is 0.555. The number of nitro groups is 2. The molecule has 0 rings (SSSR count). The van der Waals surface area contributed by atoms with Crippen molar-refractivity contribution >= 4 is 0 Å². The van der Waals surface area contributed by atoms with Crippen LogP contribution in [0.4, 0.5) is 0 Å². The lowest BCUT2D eigenvalue weighted by Crippen LogP contribution is -2.21. The molecule has 0 amide bonds. The summed E-state index contributed by atoms with van der Waals surface area (Å²) in [4.78, 5) is 17.3. The van der Waals surface area contributed by atoms with E-state index in [9.17, 15) is 20.2 Å². The van der Waals surface area contributed by atoms with Gasteiger partial charge in [-0.2, -0.15) is 0 Å². The third-order valence-electron chi connectivity index (χ3n) is 0.546. The molecule has 10 heavy (non-hydrogen) atoms. The second kappa shape index (κ2) is 2.62. The third-order valence-corrected chi connectivity index (χ3v) is 0.546. The van der Waals surface area contributed by atoms with Gasteiger partial charge in [0.1, 0.15) is 9.85 Å². The lowest BCUT2D eigenvalue weighted by atomic mass is 10.7. The summed E-state index contributed by atoms with van der Waals surface area (Å²) in [5.74, 6) is -3.17. The molecule has 0 atom stereocenters. The van der Waals surface area contributed by atoms with Gasteiger partial charge in [-0.3, -0.25) is 20.2 Å². The van der Waals surface area contributed by atoms with Crippen LogP contribution in [0, 0.1) is 20.2 Å². The summed E-state index contributed by atoms with van der Waals surface area (Å²) < 4.78 is 26.1. The number of hydrogen-bond acceptors (Lipinski definition) is 6. The molecule has 0 saturated heterocycles. The number of nitrogens with two attached hydrogens (primary N) is 2. The van der Waals surface area contributed by atoms with Crippen LogP contribution in [-0.4, -0.2) is 9.85 Å². The van der Waals surface area contributed by atoms with Gasteiger partial charge >= 0.3 is 5.82 Å². The summed E-state index contributed by atoms with van der Waals surface area (Å²) >= 11 is 0. The molecule has 0 aliphatic carbocycles. The number of nitrogens with zero attached hydrogens (tertiary/aromatic N) is 2. The second-order valence-electron chi connectivity index (χ2n) is 1.16. The maximum atomic E-state index is 10.1. The first-order valence-electron chi connectivity index (χ1n) is 3.66. The lowest BCUT2D eigenvalue weighted by Gasteiger charge is -1.87. The van der Waals surface area contributed by atoms with Gasteiger partial charge in [0.05, 0.1) is 0 Å². The molecule has 0 fully saturated rings. The van der Waals surface area contributed by atoms with Gasteiger partial charge in [-0.15, -0.1) is 0 Å². The van der Waals surface area contributed by atoms with Gasteiger partial charge in [-0.1, -0.05) is 0 Å². The zero-order valence-corrected chi connectivity index (χ0v) is 4.42. The Balaban J connectivity index is 5.51. The fourth-order valence-electron chi connectivity index (χ4n) is 0.230. The molecule has 0 saturated carbocycles. The van der Waals surface area contributed by atoms with Crippen LogP contribution in [0.1, 0.15) is 0 Å². The van der Waals surface area contributed by atoms with Crippen molar-refractivity contribution in [2.75, 3.05) is 0 Å². The van der Waals surface area contributed by atoms with Crippen molar-refractivity contribution in [3.8, 4) is 0 Å². The summed E-state index contributed by atoms with van der Waals surface area (Å²) in [5, 5.41) is 20.2. The molecule has 0 aromatic carbocycles. The van der Waals surface area contributed by atoms with Crippen LogP contribution in [0.3, 0.4) is 0 Å². The maximum Gasteiger partial charge on any atom is 0.598 e. The van der Waals surface area contributed by atoms with E-state index in [4.69, 9.17) is 5.65 Å². The molecular formula is C2H4N4O4. The predicted molar refractivity (Wildman–Crippen MR) is 29.4 cm³/mol. The Bertz CT molecular complexity index is 263. The van der Waals surface area contributed by atoms with E-state index < -0.39 is 32.9 Å². The van der Waals surface area contributed by atoms with Gasteiger partial charge in [-0.25, -0.2) is 0 Å². The quantitative estimate of drug-likeness (QED) is 0.374. The van der Waals surface area contributed by atoms with Crippen LogP contribution in [-0.2, 0) is 0 Å². The van der Waals surface area contributed by atoms with Gasteiger partial charge in [0.25, 0.3) is 5.82 Å². The molecule has 56 valence electrons. The Kier molecular flexibility index (Phi) is 0.875. The second-order valence-corrected chi connectivity index (χ2v) is 1.16. The molecule has 0 aliphatic heterocycles. The zero-order chi connectivity index (χ0) is 11.5. The maximum absolute atomic E-state index is 10.1. The standard InChI is InChI=1S/C2H4N4O4/c3-1(4)2(5(7)8)6(9)10/h3-4H2/i/hD4. The van der Waals surface area contributed by atoms with Crippen molar-refractivity contribution in [3.05, 3.63) is 31.9 Å². The first-order valence-corrected chi connectivity index (χ1v) is 1.87. The monoisotopic (exact) mass is 152 g/mol. The van der Waals surface area contributed by atoms with E-state index in [0.717, 1.165) is 0 Å². The molecule has 0 radical (unpaired) electrons. The molecule has 0 unspecified atom stereocenters. The third kappa shape index (κ3) is 1.58. The zero-order valence-electron chi connectivity index (χ0n) is 8.42. The minimum Gasteiger partial charge on any atom is -0.374 e. The summed E-state index contributed by atoms with van der Waals surface area (Å²) in [7, 11) is 0. The van der Waals surface area contributed by atoms with Crippen molar-refractivity contribution in [3.63, 3.8) is 0 Å². The van der Waals surface area contributed by atoms with E-state index >= 15 is 0 Å². The van der Waals surface area contributed by atoms with E-state index in [-0.39, 0.29) is 0 Å². The molecule has 0 aromatic heterocycles. The van der Waals surface area contributed by atoms with Crippen molar-refractivity contribution in [1.29, 1.82) is 0 Å². The topological polar surface area (TPSA) is 138 Å². The van der Waals surface area contributed by atoms with Crippen LogP contribution in [0.5, 0.6) is 0 Å². The summed E-state index contributed by atoms with van der Waals surface area (Å²) in [5.41, 5.74) is -1.11. The van der Waals surface area contributed by atoms with Crippen molar-refractivity contribution in [1.82, 2.24) is 0 Å². The summed E-state index contributed by atoms with van der Waals surface area (Å²) in [6.07, 6.45) is 0. The highest BCUT2D eigenvalue weighted by molar-refractivity contribution is 4.89.